The summed E-state index contributed by atoms with van der Waals surface area (Å²) in [6, 6.07) is 0. The van der Waals surface area contributed by atoms with Crippen molar-refractivity contribution < 1.29 is 37.6 Å². The number of allylic oxidation sites excluding steroid dienone is 2. The number of hydrogen-bond donors (Lipinski definition) is 2. The molecule has 0 saturated carbocycles. The molecule has 0 radical (unpaired) electrons. The van der Waals surface area contributed by atoms with Gasteiger partial charge in [-0.05, 0) is 38.5 Å². The van der Waals surface area contributed by atoms with E-state index in [4.69, 9.17) is 24.3 Å². The number of hydrogen-bond acceptors (Lipinski definition) is 8. The van der Waals surface area contributed by atoms with Crippen LogP contribution >= 0.6 is 7.82 Å². The van der Waals surface area contributed by atoms with Crippen molar-refractivity contribution in [2.45, 2.75) is 437 Å². The summed E-state index contributed by atoms with van der Waals surface area (Å²) in [5.41, 5.74) is 5.41. The van der Waals surface area contributed by atoms with Gasteiger partial charge < -0.3 is 20.1 Å². The Labute approximate surface area is 536 Å². The lowest BCUT2D eigenvalue weighted by molar-refractivity contribution is -0.161. The minimum Gasteiger partial charge on any atom is -0.462 e. The predicted octanol–water partition coefficient (Wildman–Crippen LogP) is 25.5. The maximum Gasteiger partial charge on any atom is 0.472 e. The SMILES string of the molecule is CCCCCCCCCC/C=C\CCCCCCCCCCCCCCCCCCCCCCCCCCCC(=O)OC(COC(=O)CCCCCCCCCCCCCCCCCCCCCCCCCCCCCC)COP(=O)(O)OCCN. The zero-order valence-corrected chi connectivity index (χ0v) is 58.7. The van der Waals surface area contributed by atoms with Gasteiger partial charge >= 0.3 is 19.8 Å². The quantitative estimate of drug-likeness (QED) is 0.0264. The van der Waals surface area contributed by atoms with E-state index in [-0.39, 0.29) is 38.6 Å². The molecule has 512 valence electrons. The number of carbonyl (C=O) groups excluding carboxylic acids is 2. The van der Waals surface area contributed by atoms with Crippen molar-refractivity contribution in [3.05, 3.63) is 12.2 Å². The van der Waals surface area contributed by atoms with Crippen LogP contribution in [0, 0.1) is 0 Å². The third-order valence-electron chi connectivity index (χ3n) is 17.9. The van der Waals surface area contributed by atoms with Crippen LogP contribution in [0.1, 0.15) is 431 Å². The van der Waals surface area contributed by atoms with E-state index in [0.717, 1.165) is 32.1 Å². The number of nitrogens with two attached hydrogens (primary N) is 1. The molecule has 9 nitrogen and oxygen atoms in total. The molecule has 3 N–H and O–H groups in total. The molecular weight excluding hydrogens is 1090 g/mol. The lowest BCUT2D eigenvalue weighted by Gasteiger charge is -2.19. The maximum atomic E-state index is 12.8. The molecule has 0 aromatic heterocycles. The van der Waals surface area contributed by atoms with Crippen molar-refractivity contribution in [1.82, 2.24) is 0 Å². The Kier molecular flexibility index (Phi) is 71.8. The second-order valence-electron chi connectivity index (χ2n) is 26.6. The minimum atomic E-state index is -4.39. The summed E-state index contributed by atoms with van der Waals surface area (Å²) >= 11 is 0. The van der Waals surface area contributed by atoms with E-state index in [1.54, 1.807) is 0 Å². The number of phosphoric ester groups is 1. The van der Waals surface area contributed by atoms with E-state index in [1.807, 2.05) is 0 Å². The number of unbranched alkanes of at least 4 members (excludes halogenated alkanes) is 60. The van der Waals surface area contributed by atoms with Crippen LogP contribution in [0.15, 0.2) is 12.2 Å². The molecule has 0 aliphatic carbocycles. The number of esters is 2. The number of phosphoric acid groups is 1. The molecule has 0 heterocycles. The van der Waals surface area contributed by atoms with E-state index in [2.05, 4.69) is 26.0 Å². The molecule has 2 unspecified atom stereocenters. The molecule has 0 saturated heterocycles. The molecule has 0 amide bonds. The van der Waals surface area contributed by atoms with Crippen molar-refractivity contribution in [1.29, 1.82) is 0 Å². The average Bonchev–Trinajstić information content (AvgIpc) is 3.55. The van der Waals surface area contributed by atoms with Crippen molar-refractivity contribution in [2.75, 3.05) is 26.4 Å². The summed E-state index contributed by atoms with van der Waals surface area (Å²) in [7, 11) is -4.39. The van der Waals surface area contributed by atoms with Gasteiger partial charge in [0.05, 0.1) is 13.2 Å². The van der Waals surface area contributed by atoms with Crippen LogP contribution in [-0.2, 0) is 32.7 Å². The van der Waals surface area contributed by atoms with E-state index in [1.165, 1.54) is 366 Å². The summed E-state index contributed by atoms with van der Waals surface area (Å²) in [4.78, 5) is 35.4. The molecule has 0 spiro atoms. The van der Waals surface area contributed by atoms with Gasteiger partial charge in [0.25, 0.3) is 0 Å². The molecular formula is C76H150NO8P. The number of carbonyl (C=O) groups is 2. The van der Waals surface area contributed by atoms with Gasteiger partial charge in [-0.15, -0.1) is 0 Å². The highest BCUT2D eigenvalue weighted by Gasteiger charge is 2.26. The van der Waals surface area contributed by atoms with Gasteiger partial charge in [0.1, 0.15) is 6.61 Å². The monoisotopic (exact) mass is 1240 g/mol. The highest BCUT2D eigenvalue weighted by atomic mass is 31.2. The van der Waals surface area contributed by atoms with Crippen LogP contribution in [0.25, 0.3) is 0 Å². The first-order valence-corrected chi connectivity index (χ1v) is 40.2. The zero-order valence-electron chi connectivity index (χ0n) is 57.9. The van der Waals surface area contributed by atoms with E-state index < -0.39 is 26.5 Å². The standard InChI is InChI=1S/C76H150NO8P/c1-3-5-7-9-11-13-15-17-19-21-23-25-27-29-31-33-34-35-36-37-38-39-40-41-43-45-47-49-51-53-55-57-59-61-63-65-67-69-76(79)85-74(73-84-86(80,81)83-71-70-77)72-82-75(78)68-66-64-62-60-58-56-54-52-50-48-46-44-42-32-30-28-26-24-22-20-18-16-14-12-10-8-6-4-2/h21,23,74H,3-20,22,24-73,77H2,1-2H3,(H,80,81)/b23-21-. The van der Waals surface area contributed by atoms with Crippen LogP contribution in [0.3, 0.4) is 0 Å². The first kappa shape index (κ1) is 84.8. The Morgan fingerprint density at radius 1 is 0.337 bits per heavy atom. The van der Waals surface area contributed by atoms with Gasteiger partial charge in [0, 0.05) is 19.4 Å². The molecule has 2 atom stereocenters. The van der Waals surface area contributed by atoms with Crippen molar-refractivity contribution in [3.63, 3.8) is 0 Å². The first-order valence-electron chi connectivity index (χ1n) is 38.7. The van der Waals surface area contributed by atoms with E-state index >= 15 is 0 Å². The van der Waals surface area contributed by atoms with E-state index in [0.29, 0.717) is 6.42 Å². The van der Waals surface area contributed by atoms with Gasteiger partial charge in [-0.3, -0.25) is 18.6 Å². The summed E-state index contributed by atoms with van der Waals surface area (Å²) < 4.78 is 33.3. The first-order chi connectivity index (χ1) is 42.3. The molecule has 0 aromatic rings. The fraction of sp³-hybridized carbons (Fsp3) is 0.947. The molecule has 0 aliphatic heterocycles. The van der Waals surface area contributed by atoms with Gasteiger partial charge in [-0.25, -0.2) is 4.57 Å². The Hall–Kier alpha value is -1.25. The normalized spacial score (nSPS) is 12.8. The Morgan fingerprint density at radius 2 is 0.570 bits per heavy atom. The zero-order chi connectivity index (χ0) is 62.3. The molecule has 0 aromatic carbocycles. The summed E-state index contributed by atoms with van der Waals surface area (Å²) in [5.74, 6) is -0.797. The highest BCUT2D eigenvalue weighted by molar-refractivity contribution is 7.47. The fourth-order valence-electron chi connectivity index (χ4n) is 12.2. The molecule has 0 bridgehead atoms. The molecule has 0 rings (SSSR count). The second-order valence-corrected chi connectivity index (χ2v) is 28.0. The maximum absolute atomic E-state index is 12.8. The number of rotatable bonds is 75. The van der Waals surface area contributed by atoms with Crippen LogP contribution in [0.2, 0.25) is 0 Å². The molecule has 86 heavy (non-hydrogen) atoms. The van der Waals surface area contributed by atoms with Gasteiger partial charge in [-0.1, -0.05) is 392 Å². The third-order valence-corrected chi connectivity index (χ3v) is 18.9. The Morgan fingerprint density at radius 3 is 0.826 bits per heavy atom. The minimum absolute atomic E-state index is 0.0582. The summed E-state index contributed by atoms with van der Waals surface area (Å²) in [6.07, 6.45) is 89.2. The van der Waals surface area contributed by atoms with Crippen molar-refractivity contribution in [2.24, 2.45) is 5.73 Å². The van der Waals surface area contributed by atoms with Crippen LogP contribution in [0.4, 0.5) is 0 Å². The lowest BCUT2D eigenvalue weighted by Crippen LogP contribution is -2.29. The average molecular weight is 1240 g/mol. The van der Waals surface area contributed by atoms with Crippen LogP contribution in [0.5, 0.6) is 0 Å². The Bertz CT molecular complexity index is 1410. The Balaban J connectivity index is 3.74. The summed E-state index contributed by atoms with van der Waals surface area (Å²) in [5, 5.41) is 0. The van der Waals surface area contributed by atoms with Gasteiger partial charge in [0.15, 0.2) is 6.10 Å². The van der Waals surface area contributed by atoms with Gasteiger partial charge in [-0.2, -0.15) is 0 Å². The number of ether oxygens (including phenoxy) is 2. The molecule has 10 heteroatoms. The third kappa shape index (κ3) is 71.8. The second kappa shape index (κ2) is 72.8. The predicted molar refractivity (Wildman–Crippen MR) is 372 cm³/mol. The topological polar surface area (TPSA) is 134 Å². The lowest BCUT2D eigenvalue weighted by atomic mass is 10.0. The van der Waals surface area contributed by atoms with Crippen LogP contribution < -0.4 is 5.73 Å². The smallest absolute Gasteiger partial charge is 0.462 e. The van der Waals surface area contributed by atoms with Gasteiger partial charge in [0.2, 0.25) is 0 Å². The summed E-state index contributed by atoms with van der Waals surface area (Å²) in [6.45, 7) is 3.84. The molecule has 0 aliphatic rings. The van der Waals surface area contributed by atoms with E-state index in [9.17, 15) is 19.0 Å². The highest BCUT2D eigenvalue weighted by Crippen LogP contribution is 2.43. The fourth-order valence-corrected chi connectivity index (χ4v) is 12.9. The largest absolute Gasteiger partial charge is 0.472 e. The van der Waals surface area contributed by atoms with Crippen molar-refractivity contribution in [3.8, 4) is 0 Å². The van der Waals surface area contributed by atoms with Crippen LogP contribution in [-0.4, -0.2) is 49.3 Å². The molecule has 0 fully saturated rings. The van der Waals surface area contributed by atoms with Crippen molar-refractivity contribution >= 4 is 19.8 Å².